The molecule has 4 heteroatoms. The van der Waals surface area contributed by atoms with Crippen LogP contribution in [-0.2, 0) is 0 Å². The molecule has 0 atom stereocenters. The number of nitrogens with one attached hydrogen (secondary N) is 1. The monoisotopic (exact) mass is 329 g/mol. The fourth-order valence-electron chi connectivity index (χ4n) is 2.68. The molecule has 0 heterocycles. The predicted octanol–water partition coefficient (Wildman–Crippen LogP) is 3.89. The van der Waals surface area contributed by atoms with Crippen LogP contribution in [0.15, 0.2) is 30.3 Å². The Bertz CT molecular complexity index is 694. The summed E-state index contributed by atoms with van der Waals surface area (Å²) in [5, 5.41) is 14.4. The zero-order valence-corrected chi connectivity index (χ0v) is 15.9. The lowest BCUT2D eigenvalue weighted by atomic mass is 10.0. The zero-order chi connectivity index (χ0) is 17.2. The van der Waals surface area contributed by atoms with Crippen molar-refractivity contribution in [3.05, 3.63) is 47.0 Å². The van der Waals surface area contributed by atoms with E-state index < -0.39 is 8.07 Å². The first-order valence-corrected chi connectivity index (χ1v) is 11.2. The molecule has 0 aliphatic heterocycles. The molecule has 0 aliphatic rings. The molecule has 0 aliphatic carbocycles. The average molecular weight is 330 g/mol. The summed E-state index contributed by atoms with van der Waals surface area (Å²) in [6, 6.07) is 10.4. The Morgan fingerprint density at radius 2 is 1.65 bits per heavy atom. The van der Waals surface area contributed by atoms with Crippen LogP contribution in [0.3, 0.4) is 0 Å². The molecule has 0 amide bonds. The molecule has 2 aromatic rings. The van der Waals surface area contributed by atoms with E-state index in [1.807, 2.05) is 27.8 Å². The standard InChI is InChI=1S/C19H27NO2Si/c1-13-11-18(21)14(2)15(3)19(13)22-12-23(5,6)17-9-7-16(20-4)8-10-17/h7-11,20-21H,12H2,1-6H3. The summed E-state index contributed by atoms with van der Waals surface area (Å²) in [6.45, 7) is 10.6. The van der Waals surface area contributed by atoms with Crippen LogP contribution in [0.5, 0.6) is 11.5 Å². The number of phenolic OH excluding ortho intramolecular Hbond substituents is 1. The van der Waals surface area contributed by atoms with Gasteiger partial charge in [-0.05, 0) is 55.7 Å². The first-order valence-electron chi connectivity index (χ1n) is 7.97. The van der Waals surface area contributed by atoms with E-state index in [1.165, 1.54) is 5.19 Å². The van der Waals surface area contributed by atoms with Gasteiger partial charge in [-0.25, -0.2) is 0 Å². The van der Waals surface area contributed by atoms with Crippen molar-refractivity contribution in [3.63, 3.8) is 0 Å². The van der Waals surface area contributed by atoms with Crippen LogP contribution < -0.4 is 15.2 Å². The van der Waals surface area contributed by atoms with E-state index in [1.54, 1.807) is 6.07 Å². The van der Waals surface area contributed by atoms with E-state index in [4.69, 9.17) is 4.74 Å². The van der Waals surface area contributed by atoms with Crippen LogP contribution in [0.4, 0.5) is 5.69 Å². The number of aromatic hydroxyl groups is 1. The third-order valence-electron chi connectivity index (χ3n) is 4.53. The third-order valence-corrected chi connectivity index (χ3v) is 7.29. The van der Waals surface area contributed by atoms with Crippen molar-refractivity contribution < 1.29 is 9.84 Å². The lowest BCUT2D eigenvalue weighted by Gasteiger charge is -2.25. The molecular weight excluding hydrogens is 302 g/mol. The highest BCUT2D eigenvalue weighted by Crippen LogP contribution is 2.32. The summed E-state index contributed by atoms with van der Waals surface area (Å²) in [5.41, 5.74) is 4.03. The van der Waals surface area contributed by atoms with Crippen molar-refractivity contribution in [1.82, 2.24) is 0 Å². The van der Waals surface area contributed by atoms with Gasteiger partial charge in [-0.15, -0.1) is 0 Å². The summed E-state index contributed by atoms with van der Waals surface area (Å²) in [5.74, 6) is 1.25. The van der Waals surface area contributed by atoms with Gasteiger partial charge in [-0.3, -0.25) is 0 Å². The molecule has 0 unspecified atom stereocenters. The fourth-order valence-corrected chi connectivity index (χ4v) is 4.42. The minimum atomic E-state index is -1.69. The Morgan fingerprint density at radius 1 is 1.04 bits per heavy atom. The second kappa shape index (κ2) is 6.67. The summed E-state index contributed by atoms with van der Waals surface area (Å²) >= 11 is 0. The minimum absolute atomic E-state index is 0.339. The van der Waals surface area contributed by atoms with Crippen LogP contribution in [0.1, 0.15) is 16.7 Å². The van der Waals surface area contributed by atoms with Crippen molar-refractivity contribution >= 4 is 18.9 Å². The van der Waals surface area contributed by atoms with Gasteiger partial charge in [0.25, 0.3) is 0 Å². The zero-order valence-electron chi connectivity index (χ0n) is 14.9. The number of ether oxygens (including phenoxy) is 1. The second-order valence-corrected chi connectivity index (χ2v) is 11.4. The van der Waals surface area contributed by atoms with Crippen LogP contribution >= 0.6 is 0 Å². The Labute approximate surface area is 140 Å². The number of hydrogen-bond donors (Lipinski definition) is 2. The lowest BCUT2D eigenvalue weighted by Crippen LogP contribution is -2.47. The number of phenols is 1. The van der Waals surface area contributed by atoms with Crippen molar-refractivity contribution in [2.24, 2.45) is 0 Å². The van der Waals surface area contributed by atoms with Gasteiger partial charge in [-0.1, -0.05) is 30.4 Å². The fraction of sp³-hybridized carbons (Fsp3) is 0.368. The predicted molar refractivity (Wildman–Crippen MR) is 101 cm³/mol. The summed E-state index contributed by atoms with van der Waals surface area (Å²) in [4.78, 5) is 0. The molecule has 2 aromatic carbocycles. The smallest absolute Gasteiger partial charge is 0.125 e. The van der Waals surface area contributed by atoms with Crippen LogP contribution in [0.2, 0.25) is 13.1 Å². The summed E-state index contributed by atoms with van der Waals surface area (Å²) in [7, 11) is 0.243. The first-order chi connectivity index (χ1) is 10.8. The SMILES string of the molecule is CNc1ccc([Si](C)(C)COc2c(C)cc(O)c(C)c2C)cc1. The highest BCUT2D eigenvalue weighted by Gasteiger charge is 2.25. The molecule has 124 valence electrons. The Balaban J connectivity index is 2.20. The van der Waals surface area contributed by atoms with Crippen molar-refractivity contribution in [2.45, 2.75) is 33.9 Å². The van der Waals surface area contributed by atoms with E-state index in [2.05, 4.69) is 42.7 Å². The quantitative estimate of drug-likeness (QED) is 0.818. The molecule has 0 bridgehead atoms. The third kappa shape index (κ3) is 3.70. The molecule has 2 N–H and O–H groups in total. The van der Waals surface area contributed by atoms with E-state index in [0.717, 1.165) is 34.4 Å². The first kappa shape index (κ1) is 17.4. The summed E-state index contributed by atoms with van der Waals surface area (Å²) < 4.78 is 6.21. The molecule has 0 saturated heterocycles. The summed E-state index contributed by atoms with van der Waals surface area (Å²) in [6.07, 6.45) is 0.720. The molecule has 0 radical (unpaired) electrons. The molecule has 0 saturated carbocycles. The lowest BCUT2D eigenvalue weighted by molar-refractivity contribution is 0.371. The van der Waals surface area contributed by atoms with E-state index in [0.29, 0.717) is 5.75 Å². The second-order valence-electron chi connectivity index (χ2n) is 6.79. The number of hydrogen-bond acceptors (Lipinski definition) is 3. The average Bonchev–Trinajstić information content (AvgIpc) is 2.52. The maximum atomic E-state index is 9.91. The molecule has 23 heavy (non-hydrogen) atoms. The molecular formula is C19H27NO2Si. The largest absolute Gasteiger partial charge is 0.508 e. The Hall–Kier alpha value is -1.94. The van der Waals surface area contributed by atoms with Gasteiger partial charge in [0.1, 0.15) is 19.6 Å². The van der Waals surface area contributed by atoms with Gasteiger partial charge in [0.15, 0.2) is 0 Å². The normalized spacial score (nSPS) is 11.4. The maximum absolute atomic E-state index is 9.91. The van der Waals surface area contributed by atoms with Gasteiger partial charge in [-0.2, -0.15) is 0 Å². The van der Waals surface area contributed by atoms with Crippen molar-refractivity contribution in [1.29, 1.82) is 0 Å². The van der Waals surface area contributed by atoms with Gasteiger partial charge in [0.2, 0.25) is 0 Å². The Morgan fingerprint density at radius 3 is 2.22 bits per heavy atom. The Kier molecular flexibility index (Phi) is 5.05. The minimum Gasteiger partial charge on any atom is -0.508 e. The highest BCUT2D eigenvalue weighted by molar-refractivity contribution is 6.89. The van der Waals surface area contributed by atoms with Crippen molar-refractivity contribution in [3.8, 4) is 11.5 Å². The number of benzene rings is 2. The van der Waals surface area contributed by atoms with E-state index in [9.17, 15) is 5.11 Å². The topological polar surface area (TPSA) is 41.5 Å². The van der Waals surface area contributed by atoms with Crippen LogP contribution in [0.25, 0.3) is 0 Å². The van der Waals surface area contributed by atoms with Gasteiger partial charge in [0, 0.05) is 12.7 Å². The van der Waals surface area contributed by atoms with Gasteiger partial charge >= 0.3 is 0 Å². The molecule has 3 nitrogen and oxygen atoms in total. The molecule has 2 rings (SSSR count). The van der Waals surface area contributed by atoms with Crippen molar-refractivity contribution in [2.75, 3.05) is 18.6 Å². The molecule has 0 fully saturated rings. The van der Waals surface area contributed by atoms with Gasteiger partial charge in [0.05, 0.1) is 6.23 Å². The number of aryl methyl sites for hydroxylation is 1. The molecule has 0 spiro atoms. The van der Waals surface area contributed by atoms with E-state index in [-0.39, 0.29) is 0 Å². The maximum Gasteiger partial charge on any atom is 0.125 e. The molecule has 0 aromatic heterocycles. The van der Waals surface area contributed by atoms with Crippen LogP contribution in [0, 0.1) is 20.8 Å². The number of rotatable bonds is 5. The number of anilines is 1. The highest BCUT2D eigenvalue weighted by atomic mass is 28.3. The van der Waals surface area contributed by atoms with Crippen LogP contribution in [-0.4, -0.2) is 26.5 Å². The van der Waals surface area contributed by atoms with Gasteiger partial charge < -0.3 is 15.2 Å². The van der Waals surface area contributed by atoms with E-state index >= 15 is 0 Å².